The number of nitrogens with one attached hydrogen (secondary N) is 1. The lowest BCUT2D eigenvalue weighted by molar-refractivity contribution is 0.427. The summed E-state index contributed by atoms with van der Waals surface area (Å²) in [5.74, 6) is 1.82. The number of rotatable bonds is 6. The predicted molar refractivity (Wildman–Crippen MR) is 76.5 cm³/mol. The van der Waals surface area contributed by atoms with Crippen molar-refractivity contribution in [3.05, 3.63) is 30.1 Å². The Morgan fingerprint density at radius 2 is 1.94 bits per heavy atom. The van der Waals surface area contributed by atoms with E-state index in [0.717, 1.165) is 16.6 Å². The summed E-state index contributed by atoms with van der Waals surface area (Å²) >= 11 is 1.82. The van der Waals surface area contributed by atoms with Crippen LogP contribution in [0.4, 0.5) is 4.39 Å². The molecule has 3 heteroatoms. The third-order valence-corrected chi connectivity index (χ3v) is 4.94. The zero-order chi connectivity index (χ0) is 12.8. The molecule has 0 bridgehead atoms. The second kappa shape index (κ2) is 7.15. The molecule has 100 valence electrons. The maximum Gasteiger partial charge on any atom is 0.123 e. The molecule has 0 radical (unpaired) electrons. The lowest BCUT2D eigenvalue weighted by Crippen LogP contribution is -2.29. The standard InChI is InChI=1S/C15H22FNS/c1-17-14(10-12-4-2-3-5-12)11-18-15-8-6-13(16)7-9-15/h6-9,12,14,17H,2-5,10-11H2,1H3. The van der Waals surface area contributed by atoms with Crippen LogP contribution in [0.25, 0.3) is 0 Å². The zero-order valence-electron chi connectivity index (χ0n) is 11.0. The average molecular weight is 267 g/mol. The first kappa shape index (κ1) is 13.9. The summed E-state index contributed by atoms with van der Waals surface area (Å²) < 4.78 is 12.8. The molecule has 0 spiro atoms. The maximum absolute atomic E-state index is 12.8. The summed E-state index contributed by atoms with van der Waals surface area (Å²) in [4.78, 5) is 1.16. The normalized spacial score (nSPS) is 18.1. The van der Waals surface area contributed by atoms with E-state index in [0.29, 0.717) is 6.04 Å². The molecule has 0 heterocycles. The molecular weight excluding hydrogens is 245 g/mol. The van der Waals surface area contributed by atoms with Gasteiger partial charge in [-0.05, 0) is 43.7 Å². The van der Waals surface area contributed by atoms with Crippen molar-refractivity contribution in [3.8, 4) is 0 Å². The molecule has 1 aromatic carbocycles. The van der Waals surface area contributed by atoms with E-state index in [9.17, 15) is 4.39 Å². The molecule has 0 amide bonds. The highest BCUT2D eigenvalue weighted by Crippen LogP contribution is 2.30. The summed E-state index contributed by atoms with van der Waals surface area (Å²) in [6.45, 7) is 0. The second-order valence-corrected chi connectivity index (χ2v) is 6.23. The molecule has 1 aromatic rings. The summed E-state index contributed by atoms with van der Waals surface area (Å²) in [6.07, 6.45) is 6.90. The number of halogens is 1. The minimum Gasteiger partial charge on any atom is -0.316 e. The third-order valence-electron chi connectivity index (χ3n) is 3.77. The molecule has 1 unspecified atom stereocenters. The third kappa shape index (κ3) is 4.29. The van der Waals surface area contributed by atoms with Crippen LogP contribution in [0, 0.1) is 11.7 Å². The lowest BCUT2D eigenvalue weighted by atomic mass is 9.99. The second-order valence-electron chi connectivity index (χ2n) is 5.14. The molecule has 18 heavy (non-hydrogen) atoms. The van der Waals surface area contributed by atoms with Crippen LogP contribution in [-0.4, -0.2) is 18.8 Å². The quantitative estimate of drug-likeness (QED) is 0.779. The van der Waals surface area contributed by atoms with Gasteiger partial charge in [0.1, 0.15) is 5.82 Å². The van der Waals surface area contributed by atoms with Gasteiger partial charge in [0.05, 0.1) is 0 Å². The Morgan fingerprint density at radius 3 is 2.56 bits per heavy atom. The van der Waals surface area contributed by atoms with Gasteiger partial charge in [-0.3, -0.25) is 0 Å². The lowest BCUT2D eigenvalue weighted by Gasteiger charge is -2.19. The van der Waals surface area contributed by atoms with Gasteiger partial charge in [0, 0.05) is 16.7 Å². The Morgan fingerprint density at radius 1 is 1.28 bits per heavy atom. The van der Waals surface area contributed by atoms with E-state index in [2.05, 4.69) is 5.32 Å². The number of thioether (sulfide) groups is 1. The maximum atomic E-state index is 12.8. The molecule has 0 saturated heterocycles. The van der Waals surface area contributed by atoms with Crippen molar-refractivity contribution in [1.29, 1.82) is 0 Å². The van der Waals surface area contributed by atoms with Gasteiger partial charge >= 0.3 is 0 Å². The van der Waals surface area contributed by atoms with Gasteiger partial charge < -0.3 is 5.32 Å². The summed E-state index contributed by atoms with van der Waals surface area (Å²) in [6, 6.07) is 7.37. The molecule has 1 N–H and O–H groups in total. The first-order chi connectivity index (χ1) is 8.78. The van der Waals surface area contributed by atoms with E-state index < -0.39 is 0 Å². The fourth-order valence-electron chi connectivity index (χ4n) is 2.65. The summed E-state index contributed by atoms with van der Waals surface area (Å²) in [7, 11) is 2.05. The molecule has 0 aromatic heterocycles. The van der Waals surface area contributed by atoms with Crippen molar-refractivity contribution in [3.63, 3.8) is 0 Å². The van der Waals surface area contributed by atoms with Crippen LogP contribution in [0.5, 0.6) is 0 Å². The minimum absolute atomic E-state index is 0.157. The molecule has 1 aliphatic rings. The van der Waals surface area contributed by atoms with E-state index in [1.807, 2.05) is 30.9 Å². The Balaban J connectivity index is 1.77. The first-order valence-corrected chi connectivity index (χ1v) is 7.82. The Kier molecular flexibility index (Phi) is 5.51. The molecule has 1 fully saturated rings. The van der Waals surface area contributed by atoms with E-state index in [4.69, 9.17) is 0 Å². The van der Waals surface area contributed by atoms with Crippen LogP contribution in [0.15, 0.2) is 29.2 Å². The van der Waals surface area contributed by atoms with Crippen LogP contribution in [0.2, 0.25) is 0 Å². The predicted octanol–water partition coefficient (Wildman–Crippen LogP) is 4.09. The van der Waals surface area contributed by atoms with Crippen LogP contribution in [0.3, 0.4) is 0 Å². The van der Waals surface area contributed by atoms with Gasteiger partial charge in [-0.25, -0.2) is 4.39 Å². The first-order valence-electron chi connectivity index (χ1n) is 6.83. The Bertz CT molecular complexity index is 346. The van der Waals surface area contributed by atoms with Crippen molar-refractivity contribution >= 4 is 11.8 Å². The smallest absolute Gasteiger partial charge is 0.123 e. The van der Waals surface area contributed by atoms with E-state index in [1.165, 1.54) is 44.2 Å². The summed E-state index contributed by atoms with van der Waals surface area (Å²) in [5, 5.41) is 3.42. The highest BCUT2D eigenvalue weighted by molar-refractivity contribution is 7.99. The topological polar surface area (TPSA) is 12.0 Å². The molecule has 1 nitrogen and oxygen atoms in total. The van der Waals surface area contributed by atoms with E-state index in [-0.39, 0.29) is 5.82 Å². The van der Waals surface area contributed by atoms with Gasteiger partial charge in [0.2, 0.25) is 0 Å². The molecule has 0 aliphatic heterocycles. The van der Waals surface area contributed by atoms with Gasteiger partial charge in [-0.1, -0.05) is 25.7 Å². The van der Waals surface area contributed by atoms with Crippen LogP contribution < -0.4 is 5.32 Å². The fraction of sp³-hybridized carbons (Fsp3) is 0.600. The average Bonchev–Trinajstić information content (AvgIpc) is 2.89. The number of benzene rings is 1. The van der Waals surface area contributed by atoms with Gasteiger partial charge in [-0.15, -0.1) is 11.8 Å². The highest BCUT2D eigenvalue weighted by Gasteiger charge is 2.19. The van der Waals surface area contributed by atoms with Crippen molar-refractivity contribution in [1.82, 2.24) is 5.32 Å². The van der Waals surface area contributed by atoms with Crippen molar-refractivity contribution in [2.45, 2.75) is 43.0 Å². The highest BCUT2D eigenvalue weighted by atomic mass is 32.2. The SMILES string of the molecule is CNC(CSc1ccc(F)cc1)CC1CCCC1. The largest absolute Gasteiger partial charge is 0.316 e. The Labute approximate surface area is 114 Å². The molecular formula is C15H22FNS. The van der Waals surface area contributed by atoms with E-state index in [1.54, 1.807) is 0 Å². The van der Waals surface area contributed by atoms with Crippen molar-refractivity contribution in [2.75, 3.05) is 12.8 Å². The van der Waals surface area contributed by atoms with Crippen LogP contribution in [-0.2, 0) is 0 Å². The molecule has 2 rings (SSSR count). The van der Waals surface area contributed by atoms with Crippen LogP contribution in [0.1, 0.15) is 32.1 Å². The molecule has 1 aliphatic carbocycles. The van der Waals surface area contributed by atoms with Gasteiger partial charge in [-0.2, -0.15) is 0 Å². The molecule has 1 saturated carbocycles. The molecule has 1 atom stereocenters. The number of hydrogen-bond donors (Lipinski definition) is 1. The summed E-state index contributed by atoms with van der Waals surface area (Å²) in [5.41, 5.74) is 0. The monoisotopic (exact) mass is 267 g/mol. The fourth-order valence-corrected chi connectivity index (χ4v) is 3.67. The van der Waals surface area contributed by atoms with Gasteiger partial charge in [0.15, 0.2) is 0 Å². The Hall–Kier alpha value is -0.540. The zero-order valence-corrected chi connectivity index (χ0v) is 11.8. The minimum atomic E-state index is -0.157. The van der Waals surface area contributed by atoms with Crippen molar-refractivity contribution in [2.24, 2.45) is 5.92 Å². The van der Waals surface area contributed by atoms with E-state index >= 15 is 0 Å². The number of hydrogen-bond acceptors (Lipinski definition) is 2. The van der Waals surface area contributed by atoms with Crippen molar-refractivity contribution < 1.29 is 4.39 Å². The van der Waals surface area contributed by atoms with Crippen LogP contribution >= 0.6 is 11.8 Å². The van der Waals surface area contributed by atoms with Gasteiger partial charge in [0.25, 0.3) is 0 Å².